The SMILES string of the molecule is C=C(CCC)NC(CC)C(=C)C. The monoisotopic (exact) mass is 167 g/mol. The van der Waals surface area contributed by atoms with Crippen LogP contribution in [0.2, 0.25) is 0 Å². The fourth-order valence-electron chi connectivity index (χ4n) is 1.19. The van der Waals surface area contributed by atoms with Gasteiger partial charge in [0, 0.05) is 11.7 Å². The van der Waals surface area contributed by atoms with Crippen LogP contribution in [0.1, 0.15) is 40.0 Å². The van der Waals surface area contributed by atoms with Gasteiger partial charge in [-0.3, -0.25) is 0 Å². The minimum Gasteiger partial charge on any atom is -0.382 e. The van der Waals surface area contributed by atoms with Crippen LogP contribution in [0.4, 0.5) is 0 Å². The van der Waals surface area contributed by atoms with Gasteiger partial charge in [0.15, 0.2) is 0 Å². The Labute approximate surface area is 76.6 Å². The van der Waals surface area contributed by atoms with Crippen LogP contribution >= 0.6 is 0 Å². The van der Waals surface area contributed by atoms with E-state index in [2.05, 4.69) is 39.2 Å². The molecule has 0 aromatic rings. The molecular weight excluding hydrogens is 146 g/mol. The van der Waals surface area contributed by atoms with E-state index in [-0.39, 0.29) is 0 Å². The Morgan fingerprint density at radius 3 is 2.25 bits per heavy atom. The van der Waals surface area contributed by atoms with Gasteiger partial charge in [-0.15, -0.1) is 0 Å². The highest BCUT2D eigenvalue weighted by molar-refractivity contribution is 5.06. The highest BCUT2D eigenvalue weighted by Crippen LogP contribution is 2.07. The number of allylic oxidation sites excluding steroid dienone is 1. The van der Waals surface area contributed by atoms with Crippen molar-refractivity contribution >= 4 is 0 Å². The van der Waals surface area contributed by atoms with Crippen LogP contribution in [0.5, 0.6) is 0 Å². The van der Waals surface area contributed by atoms with Crippen LogP contribution < -0.4 is 5.32 Å². The molecule has 0 aliphatic rings. The minimum absolute atomic E-state index is 0.407. The van der Waals surface area contributed by atoms with Crippen LogP contribution in [-0.4, -0.2) is 6.04 Å². The molecule has 0 rings (SSSR count). The first-order valence-electron chi connectivity index (χ1n) is 4.71. The normalized spacial score (nSPS) is 12.2. The van der Waals surface area contributed by atoms with Crippen molar-refractivity contribution in [3.8, 4) is 0 Å². The summed E-state index contributed by atoms with van der Waals surface area (Å²) in [6, 6.07) is 0.407. The highest BCUT2D eigenvalue weighted by atomic mass is 14.9. The van der Waals surface area contributed by atoms with Gasteiger partial charge in [-0.1, -0.05) is 39.0 Å². The first-order valence-corrected chi connectivity index (χ1v) is 4.71. The summed E-state index contributed by atoms with van der Waals surface area (Å²) >= 11 is 0. The summed E-state index contributed by atoms with van der Waals surface area (Å²) < 4.78 is 0. The Bertz CT molecular complexity index is 158. The number of nitrogens with one attached hydrogen (secondary N) is 1. The molecule has 0 aliphatic carbocycles. The van der Waals surface area contributed by atoms with Gasteiger partial charge in [-0.25, -0.2) is 0 Å². The molecule has 0 aliphatic heterocycles. The predicted molar refractivity (Wildman–Crippen MR) is 56.1 cm³/mol. The summed E-state index contributed by atoms with van der Waals surface area (Å²) in [5.41, 5.74) is 2.32. The lowest BCUT2D eigenvalue weighted by Gasteiger charge is -2.19. The van der Waals surface area contributed by atoms with Gasteiger partial charge < -0.3 is 5.32 Å². The van der Waals surface area contributed by atoms with Crippen molar-refractivity contribution in [2.45, 2.75) is 46.1 Å². The van der Waals surface area contributed by atoms with E-state index in [1.165, 1.54) is 5.57 Å². The van der Waals surface area contributed by atoms with E-state index in [4.69, 9.17) is 0 Å². The van der Waals surface area contributed by atoms with Crippen LogP contribution in [-0.2, 0) is 0 Å². The molecule has 0 fully saturated rings. The van der Waals surface area contributed by atoms with Crippen molar-refractivity contribution in [3.63, 3.8) is 0 Å². The van der Waals surface area contributed by atoms with E-state index in [9.17, 15) is 0 Å². The Morgan fingerprint density at radius 2 is 1.92 bits per heavy atom. The molecule has 0 aromatic heterocycles. The van der Waals surface area contributed by atoms with Crippen molar-refractivity contribution in [1.29, 1.82) is 0 Å². The second-order valence-corrected chi connectivity index (χ2v) is 3.31. The molecule has 1 N–H and O–H groups in total. The molecule has 0 aromatic carbocycles. The fraction of sp³-hybridized carbons (Fsp3) is 0.636. The first-order chi connectivity index (χ1) is 5.61. The standard InChI is InChI=1S/C11H21N/c1-6-8-10(5)12-11(7-2)9(3)4/h11-12H,3,5-8H2,1-2,4H3. The summed E-state index contributed by atoms with van der Waals surface area (Å²) in [6.45, 7) is 14.3. The van der Waals surface area contributed by atoms with Crippen LogP contribution in [0, 0.1) is 0 Å². The van der Waals surface area contributed by atoms with E-state index >= 15 is 0 Å². The van der Waals surface area contributed by atoms with Crippen molar-refractivity contribution in [2.75, 3.05) is 0 Å². The largest absolute Gasteiger partial charge is 0.382 e. The predicted octanol–water partition coefficient (Wildman–Crippen LogP) is 3.24. The Kier molecular flexibility index (Phi) is 5.52. The van der Waals surface area contributed by atoms with Gasteiger partial charge in [0.1, 0.15) is 0 Å². The van der Waals surface area contributed by atoms with Crippen molar-refractivity contribution < 1.29 is 0 Å². The second-order valence-electron chi connectivity index (χ2n) is 3.31. The maximum Gasteiger partial charge on any atom is 0.0462 e. The molecule has 0 spiro atoms. The molecule has 12 heavy (non-hydrogen) atoms. The third kappa shape index (κ3) is 4.22. The van der Waals surface area contributed by atoms with E-state index in [0.29, 0.717) is 6.04 Å². The molecule has 1 heteroatoms. The lowest BCUT2D eigenvalue weighted by Crippen LogP contribution is -2.27. The molecule has 0 saturated heterocycles. The van der Waals surface area contributed by atoms with E-state index in [0.717, 1.165) is 25.0 Å². The summed E-state index contributed by atoms with van der Waals surface area (Å²) in [6.07, 6.45) is 3.29. The third-order valence-corrected chi connectivity index (χ3v) is 1.93. The Balaban J connectivity index is 3.85. The van der Waals surface area contributed by atoms with Gasteiger partial charge in [0.05, 0.1) is 0 Å². The highest BCUT2D eigenvalue weighted by Gasteiger charge is 2.05. The molecule has 0 bridgehead atoms. The summed E-state index contributed by atoms with van der Waals surface area (Å²) in [5, 5.41) is 3.37. The van der Waals surface area contributed by atoms with Gasteiger partial charge in [0.2, 0.25) is 0 Å². The lowest BCUT2D eigenvalue weighted by atomic mass is 10.1. The zero-order chi connectivity index (χ0) is 9.56. The molecule has 1 unspecified atom stereocenters. The van der Waals surface area contributed by atoms with Crippen LogP contribution in [0.3, 0.4) is 0 Å². The fourth-order valence-corrected chi connectivity index (χ4v) is 1.19. The van der Waals surface area contributed by atoms with Gasteiger partial charge in [0.25, 0.3) is 0 Å². The Hall–Kier alpha value is -0.720. The average molecular weight is 167 g/mol. The number of hydrogen-bond donors (Lipinski definition) is 1. The lowest BCUT2D eigenvalue weighted by molar-refractivity contribution is 0.600. The van der Waals surface area contributed by atoms with Gasteiger partial charge in [-0.05, 0) is 19.8 Å². The van der Waals surface area contributed by atoms with E-state index in [1.54, 1.807) is 0 Å². The quantitative estimate of drug-likeness (QED) is 0.599. The van der Waals surface area contributed by atoms with Crippen LogP contribution in [0.25, 0.3) is 0 Å². The minimum atomic E-state index is 0.407. The topological polar surface area (TPSA) is 12.0 Å². The van der Waals surface area contributed by atoms with Crippen LogP contribution in [0.15, 0.2) is 24.4 Å². The molecule has 0 amide bonds. The van der Waals surface area contributed by atoms with E-state index in [1.807, 2.05) is 0 Å². The van der Waals surface area contributed by atoms with Crippen molar-refractivity contribution in [3.05, 3.63) is 24.4 Å². The third-order valence-electron chi connectivity index (χ3n) is 1.93. The van der Waals surface area contributed by atoms with Crippen molar-refractivity contribution in [2.24, 2.45) is 0 Å². The smallest absolute Gasteiger partial charge is 0.0462 e. The van der Waals surface area contributed by atoms with Gasteiger partial charge >= 0.3 is 0 Å². The number of rotatable bonds is 6. The second kappa shape index (κ2) is 5.87. The number of hydrogen-bond acceptors (Lipinski definition) is 1. The zero-order valence-electron chi connectivity index (χ0n) is 8.61. The zero-order valence-corrected chi connectivity index (χ0v) is 8.61. The maximum atomic E-state index is 3.96. The molecule has 0 heterocycles. The average Bonchev–Trinajstić information content (AvgIpc) is 2.00. The maximum absolute atomic E-state index is 3.96. The summed E-state index contributed by atoms with van der Waals surface area (Å²) in [7, 11) is 0. The molecule has 0 saturated carbocycles. The Morgan fingerprint density at radius 1 is 1.33 bits per heavy atom. The van der Waals surface area contributed by atoms with E-state index < -0.39 is 0 Å². The first kappa shape index (κ1) is 11.3. The molecule has 0 radical (unpaired) electrons. The van der Waals surface area contributed by atoms with Crippen molar-refractivity contribution in [1.82, 2.24) is 5.32 Å². The molecular formula is C11H21N. The molecule has 1 atom stereocenters. The summed E-state index contributed by atoms with van der Waals surface area (Å²) in [5.74, 6) is 0. The molecule has 70 valence electrons. The van der Waals surface area contributed by atoms with Gasteiger partial charge in [-0.2, -0.15) is 0 Å². The molecule has 1 nitrogen and oxygen atoms in total. The summed E-state index contributed by atoms with van der Waals surface area (Å²) in [4.78, 5) is 0.